The van der Waals surface area contributed by atoms with E-state index in [-0.39, 0.29) is 40.2 Å². The number of benzene rings is 2. The second-order valence-corrected chi connectivity index (χ2v) is 8.07. The number of carbonyl (C=O) groups excluding carboxylic acids is 1. The Morgan fingerprint density at radius 1 is 1.06 bits per heavy atom. The number of rotatable bonds is 7. The van der Waals surface area contributed by atoms with Gasteiger partial charge >= 0.3 is 12.4 Å². The van der Waals surface area contributed by atoms with E-state index < -0.39 is 52.3 Å². The fourth-order valence-electron chi connectivity index (χ4n) is 2.83. The molecule has 2 aromatic rings. The zero-order valence-corrected chi connectivity index (χ0v) is 19.4. The lowest BCUT2D eigenvalue weighted by molar-refractivity contribution is -0.140. The number of alkyl halides is 6. The van der Waals surface area contributed by atoms with Crippen LogP contribution in [0.4, 0.5) is 30.7 Å². The first kappa shape index (κ1) is 28.7. The molecule has 1 amide bonds. The molecule has 0 spiro atoms. The second-order valence-electron chi connectivity index (χ2n) is 6.88. The maximum atomic E-state index is 14.8. The van der Waals surface area contributed by atoms with Gasteiger partial charge in [-0.05, 0) is 35.9 Å². The van der Waals surface area contributed by atoms with Gasteiger partial charge < -0.3 is 0 Å². The number of nitrogens with one attached hydrogen (secondary N) is 2. The van der Waals surface area contributed by atoms with Crippen LogP contribution in [0.1, 0.15) is 39.4 Å². The highest BCUT2D eigenvalue weighted by Crippen LogP contribution is 2.42. The maximum absolute atomic E-state index is 14.8. The Kier molecular flexibility index (Phi) is 9.42. The van der Waals surface area contributed by atoms with Crippen molar-refractivity contribution < 1.29 is 35.5 Å². The van der Waals surface area contributed by atoms with E-state index in [4.69, 9.17) is 40.1 Å². The fourth-order valence-corrected chi connectivity index (χ4v) is 3.44. The van der Waals surface area contributed by atoms with Crippen LogP contribution in [0.5, 0.6) is 0 Å². The summed E-state index contributed by atoms with van der Waals surface area (Å²) in [5, 5.41) is 7.52. The average molecular weight is 563 g/mol. The van der Waals surface area contributed by atoms with Crippen LogP contribution in [0.15, 0.2) is 36.4 Å². The monoisotopic (exact) mass is 561 g/mol. The van der Waals surface area contributed by atoms with Crippen molar-refractivity contribution in [1.29, 1.82) is 5.26 Å². The van der Waals surface area contributed by atoms with Crippen LogP contribution in [0.3, 0.4) is 0 Å². The van der Waals surface area contributed by atoms with Crippen LogP contribution in [-0.2, 0) is 6.18 Å². The Bertz CT molecular complexity index is 1150. The summed E-state index contributed by atoms with van der Waals surface area (Å²) in [5.74, 6) is -5.51. The number of hydrazine groups is 1. The molecule has 1 atom stereocenters. The first-order chi connectivity index (χ1) is 16.2. The number of hydrogen-bond acceptors (Lipinski definition) is 3. The van der Waals surface area contributed by atoms with Gasteiger partial charge in [0.15, 0.2) is 0 Å². The van der Waals surface area contributed by atoms with Crippen LogP contribution in [0, 0.1) is 11.3 Å². The molecule has 0 bridgehead atoms. The minimum Gasteiger partial charge on any atom is -0.287 e. The van der Waals surface area contributed by atoms with Gasteiger partial charge in [0.2, 0.25) is 0 Å². The Morgan fingerprint density at radius 2 is 1.66 bits per heavy atom. The van der Waals surface area contributed by atoms with Gasteiger partial charge in [-0.3, -0.25) is 10.2 Å². The van der Waals surface area contributed by atoms with Crippen molar-refractivity contribution in [3.05, 3.63) is 73.7 Å². The largest absolute Gasteiger partial charge is 0.417 e. The van der Waals surface area contributed by atoms with E-state index in [1.807, 2.05) is 5.43 Å². The molecule has 0 heterocycles. The fraction of sp³-hybridized carbons (Fsp3) is 0.238. The molecule has 0 saturated heterocycles. The molecule has 0 aliphatic rings. The predicted octanol–water partition coefficient (Wildman–Crippen LogP) is 7.47. The minimum atomic E-state index is -5.14. The van der Waals surface area contributed by atoms with E-state index in [0.29, 0.717) is 6.07 Å². The van der Waals surface area contributed by atoms with E-state index in [0.717, 1.165) is 18.2 Å². The molecule has 14 heteroatoms. The number of nitrogens with zero attached hydrogens (tertiary/aromatic N) is 1. The van der Waals surface area contributed by atoms with Crippen LogP contribution in [0.25, 0.3) is 5.83 Å². The molecular formula is C21H13Cl3F7N3O. The molecular weight excluding hydrogens is 550 g/mol. The molecule has 35 heavy (non-hydrogen) atoms. The van der Waals surface area contributed by atoms with E-state index in [9.17, 15) is 35.5 Å². The molecule has 0 aliphatic carbocycles. The topological polar surface area (TPSA) is 64.9 Å². The van der Waals surface area contributed by atoms with Gasteiger partial charge in [0.05, 0.1) is 32.3 Å². The summed E-state index contributed by atoms with van der Waals surface area (Å²) >= 11 is 17.2. The van der Waals surface area contributed by atoms with Gasteiger partial charge in [0.25, 0.3) is 5.91 Å². The Labute approximate surface area is 209 Å². The van der Waals surface area contributed by atoms with E-state index in [1.54, 1.807) is 6.07 Å². The van der Waals surface area contributed by atoms with E-state index in [1.165, 1.54) is 0 Å². The molecule has 2 N–H and O–H groups in total. The number of allylic oxidation sites excluding steroid dienone is 1. The molecule has 0 aliphatic heterocycles. The van der Waals surface area contributed by atoms with E-state index >= 15 is 0 Å². The van der Waals surface area contributed by atoms with Gasteiger partial charge in [-0.15, -0.1) is 0 Å². The number of nitriles is 1. The molecule has 2 rings (SSSR count). The first-order valence-electron chi connectivity index (χ1n) is 9.37. The van der Waals surface area contributed by atoms with Crippen molar-refractivity contribution in [2.24, 2.45) is 0 Å². The molecule has 2 aromatic carbocycles. The third kappa shape index (κ3) is 7.48. The number of hydrogen-bond donors (Lipinski definition) is 2. The van der Waals surface area contributed by atoms with Gasteiger partial charge in [-0.1, -0.05) is 40.9 Å². The summed E-state index contributed by atoms with van der Waals surface area (Å²) in [6.07, 6.45) is -10.2. The molecule has 1 unspecified atom stereocenters. The van der Waals surface area contributed by atoms with Crippen LogP contribution in [0.2, 0.25) is 15.1 Å². The summed E-state index contributed by atoms with van der Waals surface area (Å²) in [6, 6.07) is 4.92. The molecule has 188 valence electrons. The van der Waals surface area contributed by atoms with Gasteiger partial charge in [-0.25, -0.2) is 9.82 Å². The highest BCUT2D eigenvalue weighted by molar-refractivity contribution is 6.48. The molecule has 4 nitrogen and oxygen atoms in total. The van der Waals surface area contributed by atoms with E-state index in [2.05, 4.69) is 5.43 Å². The third-order valence-electron chi connectivity index (χ3n) is 4.44. The van der Waals surface area contributed by atoms with Gasteiger partial charge in [0, 0.05) is 18.5 Å². The quantitative estimate of drug-likeness (QED) is 0.159. The van der Waals surface area contributed by atoms with Crippen LogP contribution < -0.4 is 10.9 Å². The van der Waals surface area contributed by atoms with Crippen molar-refractivity contribution in [2.75, 3.05) is 6.54 Å². The standard InChI is InChI=1S/C21H13Cl3F7N3O/c22-15-7-11(8-16(23)18(15)24)13(20(26,27)28)9-17(25)10-2-3-12(14(6-10)21(29,30)31)19(35)34-33-5-1-4-32/h2-3,6-9,13,33H,1,5H2,(H,34,35)/b17-9-. The number of amides is 1. The van der Waals surface area contributed by atoms with Crippen molar-refractivity contribution in [3.63, 3.8) is 0 Å². The minimum absolute atomic E-state index is 0.0498. The predicted molar refractivity (Wildman–Crippen MR) is 116 cm³/mol. The molecule has 0 fully saturated rings. The summed E-state index contributed by atoms with van der Waals surface area (Å²) in [6.45, 7) is -0.0589. The SMILES string of the molecule is N#CCCNNC(=O)c1ccc(/C(F)=C/C(c2cc(Cl)c(Cl)c(Cl)c2)C(F)(F)F)cc1C(F)(F)F. The molecule has 0 aromatic heterocycles. The highest BCUT2D eigenvalue weighted by atomic mass is 35.5. The summed E-state index contributed by atoms with van der Waals surface area (Å²) in [4.78, 5) is 12.1. The summed E-state index contributed by atoms with van der Waals surface area (Å²) < 4.78 is 96.4. The van der Waals surface area contributed by atoms with Crippen molar-refractivity contribution in [2.45, 2.75) is 24.7 Å². The van der Waals surface area contributed by atoms with Crippen LogP contribution >= 0.6 is 34.8 Å². The Hall–Kier alpha value is -2.52. The van der Waals surface area contributed by atoms with Crippen LogP contribution in [-0.4, -0.2) is 18.6 Å². The number of carbonyl (C=O) groups is 1. The summed E-state index contributed by atoms with van der Waals surface area (Å²) in [7, 11) is 0. The lowest BCUT2D eigenvalue weighted by Gasteiger charge is -2.19. The lowest BCUT2D eigenvalue weighted by Crippen LogP contribution is -2.38. The summed E-state index contributed by atoms with van der Waals surface area (Å²) in [5.41, 5.74) is 0.246. The molecule has 0 radical (unpaired) electrons. The van der Waals surface area contributed by atoms with Crippen molar-refractivity contribution in [3.8, 4) is 6.07 Å². The third-order valence-corrected chi connectivity index (χ3v) is 5.64. The highest BCUT2D eigenvalue weighted by Gasteiger charge is 2.41. The van der Waals surface area contributed by atoms with Gasteiger partial charge in [0.1, 0.15) is 11.7 Å². The van der Waals surface area contributed by atoms with Gasteiger partial charge in [-0.2, -0.15) is 31.6 Å². The Balaban J connectivity index is 2.50. The lowest BCUT2D eigenvalue weighted by atomic mass is 9.95. The smallest absolute Gasteiger partial charge is 0.287 e. The first-order valence-corrected chi connectivity index (χ1v) is 10.5. The zero-order valence-electron chi connectivity index (χ0n) is 17.1. The number of halogens is 10. The van der Waals surface area contributed by atoms with Crippen molar-refractivity contribution >= 4 is 46.5 Å². The Morgan fingerprint density at radius 3 is 2.17 bits per heavy atom. The molecule has 0 saturated carbocycles. The van der Waals surface area contributed by atoms with Crippen molar-refractivity contribution in [1.82, 2.24) is 10.9 Å². The normalized spacial score (nSPS) is 13.3. The maximum Gasteiger partial charge on any atom is 0.417 e. The zero-order chi connectivity index (χ0) is 26.6. The second kappa shape index (κ2) is 11.5. The average Bonchev–Trinajstić information content (AvgIpc) is 2.76.